The molecule has 0 saturated carbocycles. The van der Waals surface area contributed by atoms with Crippen LogP contribution in [0.15, 0.2) is 84.9 Å². The third-order valence-corrected chi connectivity index (χ3v) is 5.70. The van der Waals surface area contributed by atoms with Crippen molar-refractivity contribution in [2.75, 3.05) is 19.8 Å². The molecule has 0 fully saturated rings. The van der Waals surface area contributed by atoms with Gasteiger partial charge in [-0.2, -0.15) is 0 Å². The monoisotopic (exact) mass is 476 g/mol. The summed E-state index contributed by atoms with van der Waals surface area (Å²) in [6, 6.07) is 24.5. The fraction of sp³-hybridized carbons (Fsp3) is 0.310. The maximum Gasteiger partial charge on any atom is 0.243 e. The Balaban J connectivity index is 1.86. The van der Waals surface area contributed by atoms with Crippen molar-refractivity contribution in [3.63, 3.8) is 0 Å². The molecule has 3 aromatic carbocycles. The van der Waals surface area contributed by atoms with Gasteiger partial charge in [-0.25, -0.2) is 4.39 Å². The van der Waals surface area contributed by atoms with Crippen LogP contribution in [0.3, 0.4) is 0 Å². The summed E-state index contributed by atoms with van der Waals surface area (Å²) in [5.41, 5.74) is 2.59. The summed E-state index contributed by atoms with van der Waals surface area (Å²) in [6.07, 6.45) is 1.23. The minimum atomic E-state index is -0.717. The summed E-state index contributed by atoms with van der Waals surface area (Å²) >= 11 is 0. The van der Waals surface area contributed by atoms with E-state index in [-0.39, 0.29) is 30.6 Å². The van der Waals surface area contributed by atoms with E-state index in [2.05, 4.69) is 5.32 Å². The van der Waals surface area contributed by atoms with Gasteiger partial charge in [-0.05, 0) is 42.2 Å². The molecule has 0 radical (unpaired) electrons. The first-order valence-corrected chi connectivity index (χ1v) is 12.0. The molecule has 5 nitrogen and oxygen atoms in total. The lowest BCUT2D eigenvalue weighted by Crippen LogP contribution is -2.51. The smallest absolute Gasteiger partial charge is 0.243 e. The SMILES string of the molecule is CCOCCCNC(=O)[C@H](Cc1ccccc1)N(Cc1ccc(F)cc1)C(=O)Cc1ccccc1. The second-order valence-electron chi connectivity index (χ2n) is 8.36. The van der Waals surface area contributed by atoms with Crippen molar-refractivity contribution in [2.24, 2.45) is 0 Å². The standard InChI is InChI=1S/C29H33FN2O3/c1-2-35-19-9-18-31-29(34)27(20-23-10-5-3-6-11-23)32(22-25-14-16-26(30)17-15-25)28(33)21-24-12-7-4-8-13-24/h3-8,10-17,27H,2,9,18-22H2,1H3,(H,31,34)/t27-/m0/s1. The summed E-state index contributed by atoms with van der Waals surface area (Å²) in [5, 5.41) is 2.98. The van der Waals surface area contributed by atoms with Gasteiger partial charge in [0.1, 0.15) is 11.9 Å². The number of carbonyl (C=O) groups is 2. The topological polar surface area (TPSA) is 58.6 Å². The van der Waals surface area contributed by atoms with Gasteiger partial charge in [-0.15, -0.1) is 0 Å². The Labute approximate surface area is 206 Å². The highest BCUT2D eigenvalue weighted by Crippen LogP contribution is 2.17. The first-order chi connectivity index (χ1) is 17.1. The van der Waals surface area contributed by atoms with Crippen molar-refractivity contribution >= 4 is 11.8 Å². The average Bonchev–Trinajstić information content (AvgIpc) is 2.88. The number of hydrogen-bond acceptors (Lipinski definition) is 3. The molecule has 6 heteroatoms. The third kappa shape index (κ3) is 8.65. The first-order valence-electron chi connectivity index (χ1n) is 12.0. The van der Waals surface area contributed by atoms with Gasteiger partial charge in [-0.3, -0.25) is 9.59 Å². The van der Waals surface area contributed by atoms with Crippen LogP contribution >= 0.6 is 0 Å². The van der Waals surface area contributed by atoms with E-state index >= 15 is 0 Å². The second-order valence-corrected chi connectivity index (χ2v) is 8.36. The fourth-order valence-electron chi connectivity index (χ4n) is 3.86. The van der Waals surface area contributed by atoms with E-state index in [4.69, 9.17) is 4.74 Å². The summed E-state index contributed by atoms with van der Waals surface area (Å²) in [7, 11) is 0. The van der Waals surface area contributed by atoms with Gasteiger partial charge in [0.05, 0.1) is 6.42 Å². The molecular formula is C29H33FN2O3. The number of nitrogens with one attached hydrogen (secondary N) is 1. The van der Waals surface area contributed by atoms with Gasteiger partial charge in [0.25, 0.3) is 0 Å². The van der Waals surface area contributed by atoms with Gasteiger partial charge in [0.15, 0.2) is 0 Å². The zero-order valence-corrected chi connectivity index (χ0v) is 20.2. The van der Waals surface area contributed by atoms with E-state index in [9.17, 15) is 14.0 Å². The van der Waals surface area contributed by atoms with Crippen molar-refractivity contribution < 1.29 is 18.7 Å². The summed E-state index contributed by atoms with van der Waals surface area (Å²) in [4.78, 5) is 28.6. The minimum Gasteiger partial charge on any atom is -0.382 e. The molecular weight excluding hydrogens is 443 g/mol. The Bertz CT molecular complexity index is 1040. The van der Waals surface area contributed by atoms with E-state index in [0.29, 0.717) is 32.6 Å². The van der Waals surface area contributed by atoms with Gasteiger partial charge in [0.2, 0.25) is 11.8 Å². The van der Waals surface area contributed by atoms with Crippen LogP contribution in [-0.4, -0.2) is 42.5 Å². The molecule has 0 saturated heterocycles. The number of hydrogen-bond donors (Lipinski definition) is 1. The minimum absolute atomic E-state index is 0.161. The predicted octanol–water partition coefficient (Wildman–Crippen LogP) is 4.55. The summed E-state index contributed by atoms with van der Waals surface area (Å²) in [6.45, 7) is 3.79. The van der Waals surface area contributed by atoms with Crippen molar-refractivity contribution in [2.45, 2.75) is 38.8 Å². The normalized spacial score (nSPS) is 11.6. The average molecular weight is 477 g/mol. The van der Waals surface area contributed by atoms with Gasteiger partial charge < -0.3 is 15.0 Å². The van der Waals surface area contributed by atoms with Crippen LogP contribution < -0.4 is 5.32 Å². The number of ether oxygens (including phenoxy) is 1. The van der Waals surface area contributed by atoms with Crippen LogP contribution in [0, 0.1) is 5.82 Å². The molecule has 1 atom stereocenters. The number of carbonyl (C=O) groups excluding carboxylic acids is 2. The zero-order chi connectivity index (χ0) is 24.9. The number of nitrogens with zero attached hydrogens (tertiary/aromatic N) is 1. The number of benzene rings is 3. The lowest BCUT2D eigenvalue weighted by atomic mass is 10.0. The van der Waals surface area contributed by atoms with Crippen molar-refractivity contribution in [1.82, 2.24) is 10.2 Å². The van der Waals surface area contributed by atoms with Crippen molar-refractivity contribution in [3.05, 3.63) is 107 Å². The van der Waals surface area contributed by atoms with E-state index < -0.39 is 6.04 Å². The molecule has 3 rings (SSSR count). The zero-order valence-electron chi connectivity index (χ0n) is 20.2. The molecule has 0 aliphatic heterocycles. The van der Waals surface area contributed by atoms with Crippen molar-refractivity contribution in [3.8, 4) is 0 Å². The summed E-state index contributed by atoms with van der Waals surface area (Å²) < 4.78 is 18.9. The molecule has 1 N–H and O–H groups in total. The second kappa shape index (κ2) is 14.0. The van der Waals surface area contributed by atoms with E-state index in [1.165, 1.54) is 12.1 Å². The first kappa shape index (κ1) is 26.1. The highest BCUT2D eigenvalue weighted by molar-refractivity contribution is 5.88. The third-order valence-electron chi connectivity index (χ3n) is 5.70. The molecule has 184 valence electrons. The molecule has 0 spiro atoms. The van der Waals surface area contributed by atoms with Gasteiger partial charge in [0, 0.05) is 32.7 Å². The Morgan fingerprint density at radius 2 is 1.51 bits per heavy atom. The lowest BCUT2D eigenvalue weighted by Gasteiger charge is -2.31. The highest BCUT2D eigenvalue weighted by atomic mass is 19.1. The van der Waals surface area contributed by atoms with Crippen LogP contribution in [0.5, 0.6) is 0 Å². The molecule has 0 unspecified atom stereocenters. The fourth-order valence-corrected chi connectivity index (χ4v) is 3.86. The van der Waals surface area contributed by atoms with E-state index in [1.54, 1.807) is 17.0 Å². The molecule has 0 aliphatic carbocycles. The van der Waals surface area contributed by atoms with Crippen LogP contribution in [0.1, 0.15) is 30.0 Å². The van der Waals surface area contributed by atoms with Gasteiger partial charge >= 0.3 is 0 Å². The number of rotatable bonds is 13. The molecule has 0 aromatic heterocycles. The Morgan fingerprint density at radius 1 is 0.886 bits per heavy atom. The quantitative estimate of drug-likeness (QED) is 0.368. The molecule has 0 aliphatic rings. The van der Waals surface area contributed by atoms with Crippen LogP contribution in [0.4, 0.5) is 4.39 Å². The molecule has 3 aromatic rings. The van der Waals surface area contributed by atoms with E-state index in [0.717, 1.165) is 16.7 Å². The maximum atomic E-state index is 13.6. The largest absolute Gasteiger partial charge is 0.382 e. The molecule has 0 heterocycles. The number of halogens is 1. The van der Waals surface area contributed by atoms with Crippen LogP contribution in [0.25, 0.3) is 0 Å². The van der Waals surface area contributed by atoms with E-state index in [1.807, 2.05) is 67.6 Å². The Morgan fingerprint density at radius 3 is 2.14 bits per heavy atom. The number of amides is 2. The van der Waals surface area contributed by atoms with Crippen molar-refractivity contribution in [1.29, 1.82) is 0 Å². The molecule has 2 amide bonds. The molecule has 0 bridgehead atoms. The molecule has 35 heavy (non-hydrogen) atoms. The Kier molecular flexibility index (Phi) is 10.5. The maximum absolute atomic E-state index is 13.6. The highest BCUT2D eigenvalue weighted by Gasteiger charge is 2.30. The van der Waals surface area contributed by atoms with Gasteiger partial charge in [-0.1, -0.05) is 72.8 Å². The van der Waals surface area contributed by atoms with Crippen LogP contribution in [0.2, 0.25) is 0 Å². The Hall–Kier alpha value is -3.51. The predicted molar refractivity (Wildman–Crippen MR) is 135 cm³/mol. The lowest BCUT2D eigenvalue weighted by molar-refractivity contribution is -0.140. The summed E-state index contributed by atoms with van der Waals surface area (Å²) in [5.74, 6) is -0.719. The van der Waals surface area contributed by atoms with Crippen LogP contribution in [-0.2, 0) is 33.7 Å².